The Morgan fingerprint density at radius 2 is 1.80 bits per heavy atom. The van der Waals surface area contributed by atoms with E-state index < -0.39 is 0 Å². The lowest BCUT2D eigenvalue weighted by Crippen LogP contribution is -2.13. The highest BCUT2D eigenvalue weighted by atomic mass is 16.5. The number of hydrogen-bond donors (Lipinski definition) is 0. The van der Waals surface area contributed by atoms with Crippen LogP contribution in [0.25, 0.3) is 0 Å². The summed E-state index contributed by atoms with van der Waals surface area (Å²) in [5.41, 5.74) is 0. The molecule has 1 atom stereocenters. The third kappa shape index (κ3) is 8.46. The van der Waals surface area contributed by atoms with Crippen LogP contribution in [0.15, 0.2) is 0 Å². The van der Waals surface area contributed by atoms with Crippen LogP contribution in [-0.4, -0.2) is 12.6 Å². The molecule has 2 heteroatoms. The molecule has 0 aromatic carbocycles. The van der Waals surface area contributed by atoms with Crippen molar-refractivity contribution in [1.29, 1.82) is 0 Å². The molecule has 0 amide bonds. The van der Waals surface area contributed by atoms with Crippen molar-refractivity contribution in [1.82, 2.24) is 0 Å². The van der Waals surface area contributed by atoms with Crippen molar-refractivity contribution in [3.63, 3.8) is 0 Å². The smallest absolute Gasteiger partial charge is 0.305 e. The largest absolute Gasteiger partial charge is 0.465 e. The second kappa shape index (κ2) is 10.0. The number of ether oxygens (including phenoxy) is 1. The number of hydrogen-bond acceptors (Lipinski definition) is 2. The molecular formula is C13H26O2. The summed E-state index contributed by atoms with van der Waals surface area (Å²) in [6.07, 6.45) is 7.36. The number of esters is 1. The molecule has 0 bridgehead atoms. The van der Waals surface area contributed by atoms with Crippen LogP contribution in [0.1, 0.15) is 65.7 Å². The van der Waals surface area contributed by atoms with Crippen molar-refractivity contribution >= 4 is 5.97 Å². The van der Waals surface area contributed by atoms with Gasteiger partial charge < -0.3 is 4.74 Å². The van der Waals surface area contributed by atoms with Crippen LogP contribution in [0, 0.1) is 5.92 Å². The molecule has 0 fully saturated rings. The average Bonchev–Trinajstić information content (AvgIpc) is 2.26. The van der Waals surface area contributed by atoms with Crippen molar-refractivity contribution in [2.45, 2.75) is 65.7 Å². The molecule has 0 heterocycles. The molecule has 0 aliphatic rings. The fourth-order valence-corrected chi connectivity index (χ4v) is 1.50. The summed E-state index contributed by atoms with van der Waals surface area (Å²) in [4.78, 5) is 11.3. The first-order chi connectivity index (χ1) is 7.24. The SMILES string of the molecule is CCCCC(=O)OCC(CC)CCCC. The van der Waals surface area contributed by atoms with Gasteiger partial charge in [0.15, 0.2) is 0 Å². The lowest BCUT2D eigenvalue weighted by atomic mass is 10.0. The Labute approximate surface area is 94.4 Å². The molecule has 0 radical (unpaired) electrons. The van der Waals surface area contributed by atoms with Crippen LogP contribution in [0.4, 0.5) is 0 Å². The standard InChI is InChI=1S/C13H26O2/c1-4-7-9-12(6-3)11-15-13(14)10-8-5-2/h12H,4-11H2,1-3H3. The van der Waals surface area contributed by atoms with Gasteiger partial charge in [-0.15, -0.1) is 0 Å². The van der Waals surface area contributed by atoms with E-state index >= 15 is 0 Å². The molecule has 0 saturated carbocycles. The first-order valence-corrected chi connectivity index (χ1v) is 6.40. The summed E-state index contributed by atoms with van der Waals surface area (Å²) in [6, 6.07) is 0. The Bertz CT molecular complexity index is 155. The van der Waals surface area contributed by atoms with E-state index in [0.29, 0.717) is 18.9 Å². The normalized spacial score (nSPS) is 12.5. The zero-order valence-electron chi connectivity index (χ0n) is 10.6. The highest BCUT2D eigenvalue weighted by Gasteiger charge is 2.09. The summed E-state index contributed by atoms with van der Waals surface area (Å²) >= 11 is 0. The van der Waals surface area contributed by atoms with Crippen LogP contribution in [0.2, 0.25) is 0 Å². The molecule has 2 nitrogen and oxygen atoms in total. The Morgan fingerprint density at radius 3 is 2.33 bits per heavy atom. The highest BCUT2D eigenvalue weighted by molar-refractivity contribution is 5.69. The number of unbranched alkanes of at least 4 members (excludes halogenated alkanes) is 2. The quantitative estimate of drug-likeness (QED) is 0.543. The second-order valence-electron chi connectivity index (χ2n) is 4.20. The van der Waals surface area contributed by atoms with E-state index in [2.05, 4.69) is 20.8 Å². The summed E-state index contributed by atoms with van der Waals surface area (Å²) in [5, 5.41) is 0. The molecule has 0 aliphatic carbocycles. The summed E-state index contributed by atoms with van der Waals surface area (Å²) in [6.45, 7) is 7.07. The van der Waals surface area contributed by atoms with Crippen molar-refractivity contribution in [2.24, 2.45) is 5.92 Å². The molecule has 0 rings (SSSR count). The molecular weight excluding hydrogens is 188 g/mol. The fourth-order valence-electron chi connectivity index (χ4n) is 1.50. The Balaban J connectivity index is 3.55. The maximum absolute atomic E-state index is 11.3. The number of carbonyl (C=O) groups is 1. The van der Waals surface area contributed by atoms with Crippen molar-refractivity contribution in [3.8, 4) is 0 Å². The van der Waals surface area contributed by atoms with Crippen molar-refractivity contribution in [2.75, 3.05) is 6.61 Å². The zero-order chi connectivity index (χ0) is 11.5. The minimum Gasteiger partial charge on any atom is -0.465 e. The predicted octanol–water partition coefficient (Wildman–Crippen LogP) is 3.94. The van der Waals surface area contributed by atoms with Crippen LogP contribution in [-0.2, 0) is 9.53 Å². The first kappa shape index (κ1) is 14.5. The van der Waals surface area contributed by atoms with E-state index in [1.807, 2.05) is 0 Å². The van der Waals surface area contributed by atoms with Crippen LogP contribution in [0.3, 0.4) is 0 Å². The van der Waals surface area contributed by atoms with E-state index in [1.54, 1.807) is 0 Å². The van der Waals surface area contributed by atoms with Crippen molar-refractivity contribution in [3.05, 3.63) is 0 Å². The summed E-state index contributed by atoms with van der Waals surface area (Å²) in [7, 11) is 0. The van der Waals surface area contributed by atoms with Gasteiger partial charge in [-0.1, -0.05) is 46.5 Å². The van der Waals surface area contributed by atoms with Crippen LogP contribution < -0.4 is 0 Å². The third-order valence-corrected chi connectivity index (χ3v) is 2.76. The molecule has 0 spiro atoms. The van der Waals surface area contributed by atoms with E-state index in [0.717, 1.165) is 19.3 Å². The van der Waals surface area contributed by atoms with Gasteiger partial charge in [0.25, 0.3) is 0 Å². The highest BCUT2D eigenvalue weighted by Crippen LogP contribution is 2.13. The fraction of sp³-hybridized carbons (Fsp3) is 0.923. The molecule has 0 saturated heterocycles. The zero-order valence-corrected chi connectivity index (χ0v) is 10.6. The average molecular weight is 214 g/mol. The van der Waals surface area contributed by atoms with Gasteiger partial charge in [-0.25, -0.2) is 0 Å². The van der Waals surface area contributed by atoms with Gasteiger partial charge in [-0.2, -0.15) is 0 Å². The first-order valence-electron chi connectivity index (χ1n) is 6.40. The van der Waals surface area contributed by atoms with Gasteiger partial charge in [0.2, 0.25) is 0 Å². The van der Waals surface area contributed by atoms with E-state index in [1.165, 1.54) is 19.3 Å². The maximum atomic E-state index is 11.3. The van der Waals surface area contributed by atoms with Crippen molar-refractivity contribution < 1.29 is 9.53 Å². The molecule has 0 aromatic rings. The van der Waals surface area contributed by atoms with Gasteiger partial charge in [0, 0.05) is 6.42 Å². The van der Waals surface area contributed by atoms with Gasteiger partial charge >= 0.3 is 5.97 Å². The van der Waals surface area contributed by atoms with Crippen LogP contribution in [0.5, 0.6) is 0 Å². The minimum absolute atomic E-state index is 0.0215. The number of rotatable bonds is 9. The summed E-state index contributed by atoms with van der Waals surface area (Å²) in [5.74, 6) is 0.544. The maximum Gasteiger partial charge on any atom is 0.305 e. The van der Waals surface area contributed by atoms with Gasteiger partial charge in [-0.3, -0.25) is 4.79 Å². The monoisotopic (exact) mass is 214 g/mol. The Kier molecular flexibility index (Phi) is 9.65. The second-order valence-corrected chi connectivity index (χ2v) is 4.20. The van der Waals surface area contributed by atoms with Crippen LogP contribution >= 0.6 is 0 Å². The summed E-state index contributed by atoms with van der Waals surface area (Å²) < 4.78 is 5.26. The Morgan fingerprint density at radius 1 is 1.13 bits per heavy atom. The van der Waals surface area contributed by atoms with Gasteiger partial charge in [0.05, 0.1) is 6.61 Å². The molecule has 0 N–H and O–H groups in total. The minimum atomic E-state index is -0.0215. The molecule has 0 aliphatic heterocycles. The molecule has 0 aromatic heterocycles. The molecule has 90 valence electrons. The van der Waals surface area contributed by atoms with Gasteiger partial charge in [-0.05, 0) is 18.8 Å². The Hall–Kier alpha value is -0.530. The molecule has 15 heavy (non-hydrogen) atoms. The molecule has 1 unspecified atom stereocenters. The van der Waals surface area contributed by atoms with E-state index in [-0.39, 0.29) is 5.97 Å². The lowest BCUT2D eigenvalue weighted by molar-refractivity contribution is -0.145. The number of carbonyl (C=O) groups excluding carboxylic acids is 1. The van der Waals surface area contributed by atoms with E-state index in [9.17, 15) is 4.79 Å². The topological polar surface area (TPSA) is 26.3 Å². The van der Waals surface area contributed by atoms with E-state index in [4.69, 9.17) is 4.74 Å². The van der Waals surface area contributed by atoms with Gasteiger partial charge in [0.1, 0.15) is 0 Å². The predicted molar refractivity (Wildman–Crippen MR) is 63.8 cm³/mol. The third-order valence-electron chi connectivity index (χ3n) is 2.76. The lowest BCUT2D eigenvalue weighted by Gasteiger charge is -2.14.